The molecule has 0 spiro atoms. The Labute approximate surface area is 177 Å². The van der Waals surface area contributed by atoms with Crippen LogP contribution in [0.4, 0.5) is 16.2 Å². The normalized spacial score (nSPS) is 22.3. The van der Waals surface area contributed by atoms with Crippen molar-refractivity contribution in [1.29, 1.82) is 0 Å². The van der Waals surface area contributed by atoms with E-state index >= 15 is 0 Å². The molecule has 0 heterocycles. The van der Waals surface area contributed by atoms with E-state index in [0.29, 0.717) is 24.2 Å². The van der Waals surface area contributed by atoms with Gasteiger partial charge in [0.15, 0.2) is 0 Å². The second-order valence-corrected chi connectivity index (χ2v) is 8.52. The minimum atomic E-state index is -0.939. The Morgan fingerprint density at radius 2 is 1.37 bits per heavy atom. The van der Waals surface area contributed by atoms with Gasteiger partial charge in [0, 0.05) is 17.4 Å². The van der Waals surface area contributed by atoms with Gasteiger partial charge in [0.1, 0.15) is 0 Å². The zero-order chi connectivity index (χ0) is 21.7. The lowest BCUT2D eigenvalue weighted by molar-refractivity contribution is -0.146. The van der Waals surface area contributed by atoms with Crippen LogP contribution in [-0.4, -0.2) is 29.1 Å². The van der Waals surface area contributed by atoms with Gasteiger partial charge in [-0.3, -0.25) is 9.59 Å². The van der Waals surface area contributed by atoms with Gasteiger partial charge in [-0.15, -0.1) is 0 Å². The van der Waals surface area contributed by atoms with Crippen molar-refractivity contribution in [2.45, 2.75) is 64.8 Å². The maximum atomic E-state index is 12.7. The fraction of sp³-hybridized carbons (Fsp3) is 0.522. The lowest BCUT2D eigenvalue weighted by atomic mass is 9.76. The summed E-state index contributed by atoms with van der Waals surface area (Å²) in [4.78, 5) is 36.5. The maximum absolute atomic E-state index is 12.7. The first-order valence-electron chi connectivity index (χ1n) is 10.7. The van der Waals surface area contributed by atoms with Gasteiger partial charge in [-0.2, -0.15) is 0 Å². The van der Waals surface area contributed by atoms with E-state index in [1.807, 2.05) is 13.8 Å². The van der Waals surface area contributed by atoms with Gasteiger partial charge >= 0.3 is 12.0 Å². The Kier molecular flexibility index (Phi) is 7.13. The van der Waals surface area contributed by atoms with E-state index in [-0.39, 0.29) is 18.0 Å². The lowest BCUT2D eigenvalue weighted by Gasteiger charge is -2.29. The van der Waals surface area contributed by atoms with Crippen molar-refractivity contribution in [2.24, 2.45) is 11.8 Å². The van der Waals surface area contributed by atoms with Crippen LogP contribution in [0.1, 0.15) is 58.8 Å². The van der Waals surface area contributed by atoms with Gasteiger partial charge in [0.25, 0.3) is 0 Å². The maximum Gasteiger partial charge on any atom is 0.319 e. The van der Waals surface area contributed by atoms with Crippen molar-refractivity contribution in [2.75, 3.05) is 10.6 Å². The third kappa shape index (κ3) is 5.62. The first-order chi connectivity index (χ1) is 14.3. The van der Waals surface area contributed by atoms with Crippen molar-refractivity contribution in [3.05, 3.63) is 35.4 Å². The quantitative estimate of drug-likeness (QED) is 0.532. The number of aliphatic carboxylic acids is 1. The molecule has 0 aliphatic heterocycles. The van der Waals surface area contributed by atoms with Crippen LogP contribution in [-0.2, 0) is 9.59 Å². The minimum absolute atomic E-state index is 0.220. The van der Waals surface area contributed by atoms with Crippen LogP contribution in [0.25, 0.3) is 0 Å². The van der Waals surface area contributed by atoms with E-state index in [2.05, 4.69) is 16.0 Å². The van der Waals surface area contributed by atoms with Crippen molar-refractivity contribution >= 4 is 29.3 Å². The van der Waals surface area contributed by atoms with Crippen LogP contribution < -0.4 is 16.0 Å². The van der Waals surface area contributed by atoms with Crippen LogP contribution in [0.2, 0.25) is 0 Å². The molecule has 3 rings (SSSR count). The largest absolute Gasteiger partial charge is 0.481 e. The summed E-state index contributed by atoms with van der Waals surface area (Å²) in [5.74, 6) is -2.53. The number of urea groups is 1. The summed E-state index contributed by atoms with van der Waals surface area (Å²) in [6.45, 7) is 3.88. The average Bonchev–Trinajstić information content (AvgIpc) is 2.71. The van der Waals surface area contributed by atoms with Gasteiger partial charge in [-0.05, 0) is 63.8 Å². The van der Waals surface area contributed by atoms with Crippen LogP contribution in [0, 0.1) is 11.8 Å². The van der Waals surface area contributed by atoms with Gasteiger partial charge in [0.2, 0.25) is 5.91 Å². The second kappa shape index (κ2) is 9.78. The summed E-state index contributed by atoms with van der Waals surface area (Å²) in [6, 6.07) is 6.88. The molecule has 1 aromatic carbocycles. The molecule has 7 heteroatoms. The van der Waals surface area contributed by atoms with E-state index in [9.17, 15) is 19.5 Å². The highest BCUT2D eigenvalue weighted by atomic mass is 16.4. The number of hydrogen-bond acceptors (Lipinski definition) is 3. The van der Waals surface area contributed by atoms with Crippen molar-refractivity contribution in [1.82, 2.24) is 5.32 Å². The third-order valence-corrected chi connectivity index (χ3v) is 6.27. The van der Waals surface area contributed by atoms with E-state index < -0.39 is 17.8 Å². The molecule has 7 nitrogen and oxygen atoms in total. The number of carbonyl (C=O) groups excluding carboxylic acids is 2. The number of carbonyl (C=O) groups is 3. The lowest BCUT2D eigenvalue weighted by Crippen LogP contribution is -2.39. The van der Waals surface area contributed by atoms with Gasteiger partial charge in [-0.25, -0.2) is 4.79 Å². The standard InChI is InChI=1S/C23H31N3O4/c1-14-12-19(20(22(28)29)13-15(14)2)21(27)24-17-8-10-18(11-9-17)26-23(30)25-16-6-4-3-5-7-16/h8-11,16,19-20H,3-7,12-13H2,1-2H3,(H,24,27)(H,28,29)(H2,25,26,30). The first kappa shape index (κ1) is 21.9. The molecule has 2 aliphatic rings. The third-order valence-electron chi connectivity index (χ3n) is 6.27. The minimum Gasteiger partial charge on any atom is -0.481 e. The molecule has 2 atom stereocenters. The highest BCUT2D eigenvalue weighted by Gasteiger charge is 2.37. The van der Waals surface area contributed by atoms with Crippen LogP contribution in [0.15, 0.2) is 35.4 Å². The summed E-state index contributed by atoms with van der Waals surface area (Å²) in [6.07, 6.45) is 6.43. The highest BCUT2D eigenvalue weighted by molar-refractivity contribution is 5.96. The first-order valence-corrected chi connectivity index (χ1v) is 10.7. The number of benzene rings is 1. The van der Waals surface area contributed by atoms with Crippen LogP contribution in [0.3, 0.4) is 0 Å². The second-order valence-electron chi connectivity index (χ2n) is 8.52. The van der Waals surface area contributed by atoms with Crippen LogP contribution >= 0.6 is 0 Å². The Morgan fingerprint density at radius 1 is 0.833 bits per heavy atom. The topological polar surface area (TPSA) is 108 Å². The number of rotatable bonds is 5. The molecule has 0 bridgehead atoms. The van der Waals surface area contributed by atoms with Gasteiger partial charge < -0.3 is 21.1 Å². The Bertz CT molecular complexity index is 825. The van der Waals surface area contributed by atoms with E-state index in [0.717, 1.165) is 36.8 Å². The number of hydrogen-bond donors (Lipinski definition) is 4. The molecule has 1 aromatic rings. The number of nitrogens with one attached hydrogen (secondary N) is 3. The highest BCUT2D eigenvalue weighted by Crippen LogP contribution is 2.35. The molecule has 1 fully saturated rings. The van der Waals surface area contributed by atoms with E-state index in [4.69, 9.17) is 0 Å². The Hall–Kier alpha value is -2.83. The smallest absolute Gasteiger partial charge is 0.319 e. The predicted octanol–water partition coefficient (Wildman–Crippen LogP) is 4.53. The van der Waals surface area contributed by atoms with Crippen molar-refractivity contribution < 1.29 is 19.5 Å². The molecule has 1 saturated carbocycles. The predicted molar refractivity (Wildman–Crippen MR) is 116 cm³/mol. The molecule has 4 N–H and O–H groups in total. The molecule has 2 unspecified atom stereocenters. The zero-order valence-electron chi connectivity index (χ0n) is 17.7. The molecule has 30 heavy (non-hydrogen) atoms. The number of carboxylic acid groups (broad SMARTS) is 1. The molecule has 162 valence electrons. The zero-order valence-corrected chi connectivity index (χ0v) is 17.7. The Morgan fingerprint density at radius 3 is 1.93 bits per heavy atom. The van der Waals surface area contributed by atoms with Gasteiger partial charge in [0.05, 0.1) is 11.8 Å². The van der Waals surface area contributed by atoms with E-state index in [1.54, 1.807) is 24.3 Å². The molecule has 2 aliphatic carbocycles. The summed E-state index contributed by atoms with van der Waals surface area (Å²) < 4.78 is 0. The monoisotopic (exact) mass is 413 g/mol. The molecule has 0 radical (unpaired) electrons. The summed E-state index contributed by atoms with van der Waals surface area (Å²) in [5, 5.41) is 18.2. The number of anilines is 2. The molecule has 0 saturated heterocycles. The van der Waals surface area contributed by atoms with Gasteiger partial charge in [-0.1, -0.05) is 30.4 Å². The van der Waals surface area contributed by atoms with Crippen molar-refractivity contribution in [3.8, 4) is 0 Å². The van der Waals surface area contributed by atoms with Crippen LogP contribution in [0.5, 0.6) is 0 Å². The fourth-order valence-electron chi connectivity index (χ4n) is 4.30. The Balaban J connectivity index is 1.56. The fourth-order valence-corrected chi connectivity index (χ4v) is 4.30. The molecular formula is C23H31N3O4. The molecule has 0 aromatic heterocycles. The number of carboxylic acids is 1. The van der Waals surface area contributed by atoms with E-state index in [1.165, 1.54) is 6.42 Å². The SMILES string of the molecule is CC1=C(C)CC(C(=O)Nc2ccc(NC(=O)NC3CCCCC3)cc2)C(C(=O)O)C1. The summed E-state index contributed by atoms with van der Waals surface area (Å²) in [5.41, 5.74) is 3.34. The summed E-state index contributed by atoms with van der Waals surface area (Å²) in [7, 11) is 0. The molecule has 3 amide bonds. The number of allylic oxidation sites excluding steroid dienone is 2. The number of amides is 3. The summed E-state index contributed by atoms with van der Waals surface area (Å²) >= 11 is 0. The average molecular weight is 414 g/mol. The van der Waals surface area contributed by atoms with Crippen molar-refractivity contribution in [3.63, 3.8) is 0 Å². The molecular weight excluding hydrogens is 382 g/mol.